The minimum atomic E-state index is -0.954. The van der Waals surface area contributed by atoms with Crippen molar-refractivity contribution in [1.82, 2.24) is 5.32 Å². The molecule has 0 unspecified atom stereocenters. The molecular weight excluding hydrogens is 258 g/mol. The molecule has 1 fully saturated rings. The number of carboxylic acids is 1. The summed E-state index contributed by atoms with van der Waals surface area (Å²) in [5.74, 6) is -1.23. The molecule has 5 nitrogen and oxygen atoms in total. The number of unbranched alkanes of at least 4 members (excludes halogenated alkanes) is 5. The highest BCUT2D eigenvalue weighted by atomic mass is 16.5. The summed E-state index contributed by atoms with van der Waals surface area (Å²) >= 11 is 0. The van der Waals surface area contributed by atoms with Crippen LogP contribution in [0.15, 0.2) is 0 Å². The lowest BCUT2D eigenvalue weighted by atomic mass is 10.1. The van der Waals surface area contributed by atoms with Crippen LogP contribution in [0, 0.1) is 0 Å². The number of carbonyl (C=O) groups is 2. The molecule has 2 atom stereocenters. The Bertz CT molecular complexity index is 300. The van der Waals surface area contributed by atoms with E-state index in [0.29, 0.717) is 19.4 Å². The van der Waals surface area contributed by atoms with E-state index in [4.69, 9.17) is 9.84 Å². The van der Waals surface area contributed by atoms with E-state index in [9.17, 15) is 9.59 Å². The molecule has 1 aliphatic rings. The van der Waals surface area contributed by atoms with E-state index < -0.39 is 18.1 Å². The third-order valence-corrected chi connectivity index (χ3v) is 3.68. The van der Waals surface area contributed by atoms with Crippen molar-refractivity contribution in [2.75, 3.05) is 6.61 Å². The number of aliphatic carboxylic acids is 1. The van der Waals surface area contributed by atoms with Crippen molar-refractivity contribution in [3.63, 3.8) is 0 Å². The van der Waals surface area contributed by atoms with Gasteiger partial charge >= 0.3 is 5.97 Å². The minimum absolute atomic E-state index is 0.277. The summed E-state index contributed by atoms with van der Waals surface area (Å²) in [5, 5.41) is 11.7. The Morgan fingerprint density at radius 3 is 2.55 bits per heavy atom. The van der Waals surface area contributed by atoms with E-state index in [2.05, 4.69) is 12.2 Å². The van der Waals surface area contributed by atoms with Crippen LogP contribution >= 0.6 is 0 Å². The number of hydrogen-bond acceptors (Lipinski definition) is 3. The Labute approximate surface area is 121 Å². The number of hydrogen-bond donors (Lipinski definition) is 2. The molecule has 0 bridgehead atoms. The first-order valence-electron chi connectivity index (χ1n) is 7.80. The Morgan fingerprint density at radius 2 is 1.95 bits per heavy atom. The second-order valence-corrected chi connectivity index (χ2v) is 5.46. The summed E-state index contributed by atoms with van der Waals surface area (Å²) in [7, 11) is 0. The lowest BCUT2D eigenvalue weighted by Crippen LogP contribution is -2.45. The largest absolute Gasteiger partial charge is 0.480 e. The number of amides is 1. The lowest BCUT2D eigenvalue weighted by Gasteiger charge is -2.17. The summed E-state index contributed by atoms with van der Waals surface area (Å²) in [6, 6.07) is -0.780. The second kappa shape index (κ2) is 9.75. The van der Waals surface area contributed by atoms with E-state index in [1.807, 2.05) is 0 Å². The molecule has 0 spiro atoms. The zero-order chi connectivity index (χ0) is 14.8. The number of nitrogens with one attached hydrogen (secondary N) is 1. The molecule has 0 aromatic rings. The fourth-order valence-corrected chi connectivity index (χ4v) is 2.44. The molecule has 1 saturated heterocycles. The van der Waals surface area contributed by atoms with E-state index >= 15 is 0 Å². The van der Waals surface area contributed by atoms with Gasteiger partial charge in [-0.1, -0.05) is 45.4 Å². The molecule has 1 heterocycles. The standard InChI is InChI=1S/C15H27NO4/c1-2-3-4-5-6-7-9-12(15(18)19)16-14(17)13-10-8-11-20-13/h12-13H,2-11H2,1H3,(H,16,17)(H,18,19)/t12-,13+/m1/s1. The van der Waals surface area contributed by atoms with Gasteiger partial charge in [0.05, 0.1) is 0 Å². The third-order valence-electron chi connectivity index (χ3n) is 3.68. The summed E-state index contributed by atoms with van der Waals surface area (Å²) in [6.45, 7) is 2.76. The molecular formula is C15H27NO4. The Kier molecular flexibility index (Phi) is 8.26. The summed E-state index contributed by atoms with van der Waals surface area (Å²) in [6.07, 6.45) is 8.25. The van der Waals surface area contributed by atoms with Crippen LogP contribution in [0.4, 0.5) is 0 Å². The van der Waals surface area contributed by atoms with Crippen molar-refractivity contribution in [1.29, 1.82) is 0 Å². The minimum Gasteiger partial charge on any atom is -0.480 e. The number of ether oxygens (including phenoxy) is 1. The van der Waals surface area contributed by atoms with Gasteiger partial charge in [0, 0.05) is 6.61 Å². The van der Waals surface area contributed by atoms with E-state index in [0.717, 1.165) is 25.7 Å². The molecule has 5 heteroatoms. The summed E-state index contributed by atoms with van der Waals surface area (Å²) < 4.78 is 5.26. The summed E-state index contributed by atoms with van der Waals surface area (Å²) in [4.78, 5) is 23.0. The average Bonchev–Trinajstić information content (AvgIpc) is 2.95. The fraction of sp³-hybridized carbons (Fsp3) is 0.867. The number of carbonyl (C=O) groups excluding carboxylic acids is 1. The lowest BCUT2D eigenvalue weighted by molar-refractivity contribution is -0.143. The van der Waals surface area contributed by atoms with Crippen molar-refractivity contribution in [3.05, 3.63) is 0 Å². The SMILES string of the molecule is CCCCCCCC[C@@H](NC(=O)[C@@H]1CCCO1)C(=O)O. The van der Waals surface area contributed by atoms with Gasteiger partial charge in [-0.2, -0.15) is 0 Å². The average molecular weight is 285 g/mol. The van der Waals surface area contributed by atoms with E-state index in [-0.39, 0.29) is 5.91 Å². The van der Waals surface area contributed by atoms with Gasteiger partial charge in [0.1, 0.15) is 12.1 Å². The smallest absolute Gasteiger partial charge is 0.326 e. The van der Waals surface area contributed by atoms with Crippen molar-refractivity contribution >= 4 is 11.9 Å². The number of rotatable bonds is 10. The molecule has 0 aliphatic carbocycles. The van der Waals surface area contributed by atoms with Gasteiger partial charge in [-0.25, -0.2) is 4.79 Å². The van der Waals surface area contributed by atoms with Crippen LogP contribution in [0.5, 0.6) is 0 Å². The van der Waals surface area contributed by atoms with Crippen LogP contribution in [0.25, 0.3) is 0 Å². The molecule has 0 aromatic heterocycles. The molecule has 116 valence electrons. The van der Waals surface area contributed by atoms with Crippen LogP contribution in [-0.2, 0) is 14.3 Å². The molecule has 20 heavy (non-hydrogen) atoms. The van der Waals surface area contributed by atoms with Crippen LogP contribution in [0.2, 0.25) is 0 Å². The predicted molar refractivity (Wildman–Crippen MR) is 76.5 cm³/mol. The Balaban J connectivity index is 2.22. The zero-order valence-corrected chi connectivity index (χ0v) is 12.4. The topological polar surface area (TPSA) is 75.6 Å². The maximum Gasteiger partial charge on any atom is 0.326 e. The zero-order valence-electron chi connectivity index (χ0n) is 12.4. The quantitative estimate of drug-likeness (QED) is 0.605. The third kappa shape index (κ3) is 6.37. The van der Waals surface area contributed by atoms with Crippen LogP contribution < -0.4 is 5.32 Å². The molecule has 1 rings (SSSR count). The summed E-state index contributed by atoms with van der Waals surface area (Å²) in [5.41, 5.74) is 0. The first kappa shape index (κ1) is 17.0. The Morgan fingerprint density at radius 1 is 1.25 bits per heavy atom. The van der Waals surface area contributed by atoms with Gasteiger partial charge in [-0.15, -0.1) is 0 Å². The molecule has 0 radical (unpaired) electrons. The molecule has 1 amide bonds. The Hall–Kier alpha value is -1.10. The monoisotopic (exact) mass is 285 g/mol. The molecule has 0 aromatic carbocycles. The van der Waals surface area contributed by atoms with E-state index in [1.165, 1.54) is 19.3 Å². The normalized spacial score (nSPS) is 19.8. The van der Waals surface area contributed by atoms with Gasteiger partial charge in [-0.3, -0.25) is 4.79 Å². The van der Waals surface area contributed by atoms with Crippen molar-refractivity contribution in [2.45, 2.75) is 76.9 Å². The van der Waals surface area contributed by atoms with Crippen molar-refractivity contribution in [2.24, 2.45) is 0 Å². The van der Waals surface area contributed by atoms with Crippen LogP contribution in [0.1, 0.15) is 64.7 Å². The first-order valence-corrected chi connectivity index (χ1v) is 7.80. The second-order valence-electron chi connectivity index (χ2n) is 5.46. The highest BCUT2D eigenvalue weighted by molar-refractivity contribution is 5.86. The molecule has 1 aliphatic heterocycles. The van der Waals surface area contributed by atoms with Gasteiger partial charge < -0.3 is 15.2 Å². The van der Waals surface area contributed by atoms with Gasteiger partial charge in [0.25, 0.3) is 0 Å². The van der Waals surface area contributed by atoms with Crippen LogP contribution in [-0.4, -0.2) is 35.7 Å². The predicted octanol–water partition coefficient (Wildman–Crippen LogP) is 2.49. The maximum absolute atomic E-state index is 11.8. The van der Waals surface area contributed by atoms with Gasteiger partial charge in [-0.05, 0) is 19.3 Å². The fourth-order valence-electron chi connectivity index (χ4n) is 2.44. The first-order chi connectivity index (χ1) is 9.65. The van der Waals surface area contributed by atoms with Crippen molar-refractivity contribution in [3.8, 4) is 0 Å². The molecule has 0 saturated carbocycles. The molecule has 2 N–H and O–H groups in total. The van der Waals surface area contributed by atoms with Crippen molar-refractivity contribution < 1.29 is 19.4 Å². The highest BCUT2D eigenvalue weighted by Gasteiger charge is 2.27. The van der Waals surface area contributed by atoms with Crippen LogP contribution in [0.3, 0.4) is 0 Å². The highest BCUT2D eigenvalue weighted by Crippen LogP contribution is 2.13. The number of carboxylic acid groups (broad SMARTS) is 1. The van der Waals surface area contributed by atoms with Gasteiger partial charge in [0.15, 0.2) is 0 Å². The maximum atomic E-state index is 11.8. The van der Waals surface area contributed by atoms with Gasteiger partial charge in [0.2, 0.25) is 5.91 Å². The van der Waals surface area contributed by atoms with E-state index in [1.54, 1.807) is 0 Å².